The van der Waals surface area contributed by atoms with Crippen LogP contribution >= 0.6 is 11.6 Å². The molecule has 0 spiro atoms. The maximum absolute atomic E-state index is 12.3. The molecular weight excluding hydrogens is 318 g/mol. The molecule has 1 atom stereocenters. The Morgan fingerprint density at radius 1 is 1.48 bits per heavy atom. The van der Waals surface area contributed by atoms with Gasteiger partial charge in [-0.15, -0.1) is 0 Å². The van der Waals surface area contributed by atoms with Crippen LogP contribution in [0.25, 0.3) is 0 Å². The van der Waals surface area contributed by atoms with Gasteiger partial charge in [0.05, 0.1) is 24.8 Å². The molecule has 0 radical (unpaired) electrons. The molecule has 1 aromatic rings. The predicted octanol–water partition coefficient (Wildman–Crippen LogP) is 3.29. The second kappa shape index (κ2) is 8.41. The summed E-state index contributed by atoms with van der Waals surface area (Å²) in [7, 11) is 1.53. The zero-order valence-corrected chi connectivity index (χ0v) is 14.6. The lowest BCUT2D eigenvalue weighted by molar-refractivity contribution is 0.0857. The van der Waals surface area contributed by atoms with Crippen LogP contribution in [0, 0.1) is 5.92 Å². The van der Waals surface area contributed by atoms with Gasteiger partial charge in [-0.3, -0.25) is 4.79 Å². The number of hydrogen-bond donors (Lipinski definition) is 1. The van der Waals surface area contributed by atoms with Gasteiger partial charge in [0.15, 0.2) is 11.5 Å². The number of amides is 1. The molecule has 1 unspecified atom stereocenters. The lowest BCUT2D eigenvalue weighted by Crippen LogP contribution is -2.31. The highest BCUT2D eigenvalue weighted by molar-refractivity contribution is 6.32. The molecule has 1 fully saturated rings. The van der Waals surface area contributed by atoms with Gasteiger partial charge in [0, 0.05) is 18.7 Å². The maximum atomic E-state index is 12.3. The average Bonchev–Trinajstić information content (AvgIpc) is 3.03. The summed E-state index contributed by atoms with van der Waals surface area (Å²) in [5.74, 6) is 1.10. The first-order valence-electron chi connectivity index (χ1n) is 7.91. The van der Waals surface area contributed by atoms with E-state index >= 15 is 0 Å². The van der Waals surface area contributed by atoms with Gasteiger partial charge in [-0.05, 0) is 30.9 Å². The lowest BCUT2D eigenvalue weighted by atomic mass is 10.1. The quantitative estimate of drug-likeness (QED) is 0.826. The van der Waals surface area contributed by atoms with Crippen LogP contribution in [0.3, 0.4) is 0 Å². The third-order valence-electron chi connectivity index (χ3n) is 3.57. The van der Waals surface area contributed by atoms with E-state index in [1.54, 1.807) is 12.1 Å². The Hall–Kier alpha value is -1.46. The van der Waals surface area contributed by atoms with Crippen molar-refractivity contribution in [2.24, 2.45) is 5.92 Å². The Bertz CT molecular complexity index is 542. The van der Waals surface area contributed by atoms with Gasteiger partial charge < -0.3 is 19.5 Å². The fourth-order valence-corrected chi connectivity index (χ4v) is 2.62. The second-order valence-electron chi connectivity index (χ2n) is 6.04. The summed E-state index contributed by atoms with van der Waals surface area (Å²) in [5.41, 5.74) is 0.446. The SMILES string of the molecule is COc1cc(C(=O)NCC2CCCO2)cc(Cl)c1OCC(C)C. The van der Waals surface area contributed by atoms with E-state index in [9.17, 15) is 4.79 Å². The van der Waals surface area contributed by atoms with Crippen molar-refractivity contribution >= 4 is 17.5 Å². The second-order valence-corrected chi connectivity index (χ2v) is 6.45. The molecule has 1 N–H and O–H groups in total. The van der Waals surface area contributed by atoms with Crippen LogP contribution in [-0.4, -0.2) is 38.9 Å². The summed E-state index contributed by atoms with van der Waals surface area (Å²) >= 11 is 6.26. The van der Waals surface area contributed by atoms with Crippen molar-refractivity contribution in [2.75, 3.05) is 26.9 Å². The Balaban J connectivity index is 2.06. The zero-order valence-electron chi connectivity index (χ0n) is 13.9. The largest absolute Gasteiger partial charge is 0.493 e. The van der Waals surface area contributed by atoms with Crippen LogP contribution in [0.2, 0.25) is 5.02 Å². The van der Waals surface area contributed by atoms with Crippen LogP contribution in [0.4, 0.5) is 0 Å². The van der Waals surface area contributed by atoms with E-state index in [-0.39, 0.29) is 12.0 Å². The molecule has 5 nitrogen and oxygen atoms in total. The third-order valence-corrected chi connectivity index (χ3v) is 3.85. The minimum Gasteiger partial charge on any atom is -0.493 e. The summed E-state index contributed by atoms with van der Waals surface area (Å²) in [4.78, 5) is 12.3. The molecule has 128 valence electrons. The molecule has 1 amide bonds. The number of rotatable bonds is 7. The molecule has 1 aliphatic rings. The highest BCUT2D eigenvalue weighted by Crippen LogP contribution is 2.36. The molecule has 6 heteroatoms. The number of carbonyl (C=O) groups excluding carboxylic acids is 1. The molecule has 1 saturated heterocycles. The highest BCUT2D eigenvalue weighted by atomic mass is 35.5. The standard InChI is InChI=1S/C17H24ClNO4/c1-11(2)10-23-16-14(18)7-12(8-15(16)21-3)17(20)19-9-13-5-4-6-22-13/h7-8,11,13H,4-6,9-10H2,1-3H3,(H,19,20). The first-order valence-corrected chi connectivity index (χ1v) is 8.29. The van der Waals surface area contributed by atoms with Gasteiger partial charge in [-0.1, -0.05) is 25.4 Å². The first-order chi connectivity index (χ1) is 11.0. The van der Waals surface area contributed by atoms with Crippen molar-refractivity contribution in [1.82, 2.24) is 5.32 Å². The van der Waals surface area contributed by atoms with Crippen molar-refractivity contribution in [3.05, 3.63) is 22.7 Å². The summed E-state index contributed by atoms with van der Waals surface area (Å²) in [6.07, 6.45) is 2.12. The number of carbonyl (C=O) groups is 1. The summed E-state index contributed by atoms with van der Waals surface area (Å²) in [6.45, 7) is 5.90. The van der Waals surface area contributed by atoms with E-state index in [4.69, 9.17) is 25.8 Å². The van der Waals surface area contributed by atoms with Crippen LogP contribution in [0.1, 0.15) is 37.0 Å². The third kappa shape index (κ3) is 5.01. The minimum absolute atomic E-state index is 0.102. The molecule has 23 heavy (non-hydrogen) atoms. The fraction of sp³-hybridized carbons (Fsp3) is 0.588. The first kappa shape index (κ1) is 17.9. The van der Waals surface area contributed by atoms with E-state index in [1.807, 2.05) is 13.8 Å². The van der Waals surface area contributed by atoms with Crippen molar-refractivity contribution in [3.63, 3.8) is 0 Å². The van der Waals surface area contributed by atoms with Gasteiger partial charge in [0.1, 0.15) is 0 Å². The average molecular weight is 342 g/mol. The topological polar surface area (TPSA) is 56.8 Å². The Morgan fingerprint density at radius 2 is 2.26 bits per heavy atom. The van der Waals surface area contributed by atoms with Crippen molar-refractivity contribution in [3.8, 4) is 11.5 Å². The number of halogens is 1. The number of hydrogen-bond acceptors (Lipinski definition) is 4. The normalized spacial score (nSPS) is 17.3. The molecular formula is C17H24ClNO4. The van der Waals surface area contributed by atoms with Crippen LogP contribution in [-0.2, 0) is 4.74 Å². The fourth-order valence-electron chi connectivity index (χ4n) is 2.35. The van der Waals surface area contributed by atoms with E-state index in [1.165, 1.54) is 7.11 Å². The highest BCUT2D eigenvalue weighted by Gasteiger charge is 2.19. The van der Waals surface area contributed by atoms with Gasteiger partial charge in [0.2, 0.25) is 0 Å². The predicted molar refractivity (Wildman–Crippen MR) is 89.6 cm³/mol. The Labute approximate surface area is 142 Å². The van der Waals surface area contributed by atoms with E-state index in [2.05, 4.69) is 5.32 Å². The number of methoxy groups -OCH3 is 1. The molecule has 0 aromatic heterocycles. The maximum Gasteiger partial charge on any atom is 0.251 e. The van der Waals surface area contributed by atoms with Gasteiger partial charge in [0.25, 0.3) is 5.91 Å². The number of ether oxygens (including phenoxy) is 3. The van der Waals surface area contributed by atoms with E-state index < -0.39 is 0 Å². The molecule has 1 heterocycles. The smallest absolute Gasteiger partial charge is 0.251 e. The lowest BCUT2D eigenvalue weighted by Gasteiger charge is -2.16. The monoisotopic (exact) mass is 341 g/mol. The van der Waals surface area contributed by atoms with Crippen LogP contribution < -0.4 is 14.8 Å². The van der Waals surface area contributed by atoms with Crippen LogP contribution in [0.5, 0.6) is 11.5 Å². The van der Waals surface area contributed by atoms with Crippen molar-refractivity contribution in [2.45, 2.75) is 32.8 Å². The summed E-state index contributed by atoms with van der Waals surface area (Å²) < 4.78 is 16.5. The number of nitrogens with one attached hydrogen (secondary N) is 1. The van der Waals surface area contributed by atoms with Crippen molar-refractivity contribution in [1.29, 1.82) is 0 Å². The van der Waals surface area contributed by atoms with Gasteiger partial charge in [-0.2, -0.15) is 0 Å². The number of benzene rings is 1. The van der Waals surface area contributed by atoms with Crippen molar-refractivity contribution < 1.29 is 19.0 Å². The van der Waals surface area contributed by atoms with E-state index in [0.717, 1.165) is 19.4 Å². The van der Waals surface area contributed by atoms with Gasteiger partial charge in [-0.25, -0.2) is 0 Å². The molecule has 0 bridgehead atoms. The van der Waals surface area contributed by atoms with Gasteiger partial charge >= 0.3 is 0 Å². The summed E-state index contributed by atoms with van der Waals surface area (Å²) in [6, 6.07) is 3.25. The van der Waals surface area contributed by atoms with E-state index in [0.29, 0.717) is 41.2 Å². The van der Waals surface area contributed by atoms with Crippen LogP contribution in [0.15, 0.2) is 12.1 Å². The molecule has 0 saturated carbocycles. The zero-order chi connectivity index (χ0) is 16.8. The minimum atomic E-state index is -0.198. The Kier molecular flexibility index (Phi) is 6.54. The summed E-state index contributed by atoms with van der Waals surface area (Å²) in [5, 5.41) is 3.24. The molecule has 2 rings (SSSR count). The molecule has 1 aliphatic heterocycles. The molecule has 1 aromatic carbocycles. The Morgan fingerprint density at radius 3 is 2.87 bits per heavy atom. The molecule has 0 aliphatic carbocycles.